The molecule has 0 aromatic carbocycles. The predicted octanol–water partition coefficient (Wildman–Crippen LogP) is -1.31. The van der Waals surface area contributed by atoms with Crippen molar-refractivity contribution in [2.75, 3.05) is 6.61 Å². The van der Waals surface area contributed by atoms with Crippen molar-refractivity contribution in [2.45, 2.75) is 265 Å². The minimum atomic E-state index is -2.18. The van der Waals surface area contributed by atoms with Crippen LogP contribution in [0.25, 0.3) is 0 Å². The van der Waals surface area contributed by atoms with Crippen LogP contribution in [0.4, 0.5) is 0 Å². The van der Waals surface area contributed by atoms with Gasteiger partial charge in [-0.1, -0.05) is 129 Å². The standard InChI is InChI=1S/C63H108N12O20/c1-15-17-18-19-20-21-37(77)27-44(79)65-40(26-30(3)4)54(85)68-41(28-46(82)83)55(86)75-52-36(14)95-63(94)39(23-25-45(80)81)67-61(92)51(35(13)16-2)74-60(91)49(33(9)10)70-53(84)38(22-24-43(64)78)66-57(88)47(31(5)6)71-56(87)42(29-76)69-58(89)48(32(7)8)72-59(90)50(34(11)12)73-62(52)93/h30-42,47-52,76-77H,15-29H2,1-14H3,(H2,64,78)(H,65,79)(H,66,88)(H,67,92)(H,68,85)(H,69,89)(H,70,84)(H,71,87)(H,72,90)(H,73,93)(H,74,91)(H,75,86)(H,80,81)(H,82,83)/t35-,36-,37+,38-,39+,40-,41-,42-,47+,48-,49+,50-,51+,52-/m1/s1. The molecular weight excluding hydrogens is 1240 g/mol. The van der Waals surface area contributed by atoms with E-state index in [0.29, 0.717) is 12.8 Å². The third kappa shape index (κ3) is 30.5. The van der Waals surface area contributed by atoms with E-state index in [0.717, 1.165) is 32.6 Å². The van der Waals surface area contributed by atoms with Crippen LogP contribution in [0.3, 0.4) is 0 Å². The number of unbranched alkanes of at least 4 members (excludes halogenated alkanes) is 4. The number of hydrogen-bond acceptors (Lipinski definition) is 18. The second-order valence-electron chi connectivity index (χ2n) is 26.2. The topological polar surface area (TPSA) is 505 Å². The monoisotopic (exact) mass is 1350 g/mol. The number of primary amides is 1. The van der Waals surface area contributed by atoms with Gasteiger partial charge in [-0.25, -0.2) is 4.79 Å². The molecule has 17 N–H and O–H groups in total. The van der Waals surface area contributed by atoms with Gasteiger partial charge >= 0.3 is 17.9 Å². The molecule has 540 valence electrons. The number of nitrogens with one attached hydrogen (secondary N) is 11. The third-order valence-electron chi connectivity index (χ3n) is 15.9. The zero-order chi connectivity index (χ0) is 72.7. The van der Waals surface area contributed by atoms with Crippen LogP contribution in [-0.2, 0) is 76.7 Å². The molecule has 32 nitrogen and oxygen atoms in total. The second kappa shape index (κ2) is 42.4. The smallest absolute Gasteiger partial charge is 0.329 e. The lowest BCUT2D eigenvalue weighted by Gasteiger charge is -2.32. The number of nitrogens with two attached hydrogens (primary N) is 1. The highest BCUT2D eigenvalue weighted by Crippen LogP contribution is 2.17. The minimum Gasteiger partial charge on any atom is -0.481 e. The maximum atomic E-state index is 14.9. The van der Waals surface area contributed by atoms with E-state index in [2.05, 4.69) is 58.5 Å². The number of hydrogen-bond donors (Lipinski definition) is 16. The average Bonchev–Trinajstić information content (AvgIpc) is 0.891. The highest BCUT2D eigenvalue weighted by atomic mass is 16.5. The van der Waals surface area contributed by atoms with E-state index in [9.17, 15) is 92.3 Å². The Morgan fingerprint density at radius 3 is 1.42 bits per heavy atom. The Balaban J connectivity index is 4.27. The van der Waals surface area contributed by atoms with E-state index >= 15 is 0 Å². The van der Waals surface area contributed by atoms with Gasteiger partial charge in [0.15, 0.2) is 0 Å². The molecule has 0 saturated carbocycles. The molecule has 1 aliphatic heterocycles. The van der Waals surface area contributed by atoms with Gasteiger partial charge in [0.1, 0.15) is 72.6 Å². The molecule has 0 aliphatic carbocycles. The van der Waals surface area contributed by atoms with Crippen molar-refractivity contribution in [2.24, 2.45) is 41.2 Å². The molecule has 1 fully saturated rings. The number of carbonyl (C=O) groups excluding carboxylic acids is 13. The SMILES string of the molecule is CCCCCCC[C@H](O)CC(=O)N[C@H](CC(C)C)C(=O)N[C@H](CC(=O)O)C(=O)N[C@H]1C(=O)N[C@H](C(C)C)C(=O)N[C@H](C(C)C)C(=O)N[C@H](CO)C(=O)N[C@@H](C(C)C)C(=O)N[C@H](CCC(N)=O)C(=O)N[C@@H](C(C)C)C(=O)N[C@@H]([C@H](C)CC)C(=O)N[C@@H](CCC(=O)O)C(=O)O[C@@H]1C. The van der Waals surface area contributed by atoms with Crippen molar-refractivity contribution in [3.05, 3.63) is 0 Å². The summed E-state index contributed by atoms with van der Waals surface area (Å²) >= 11 is 0. The third-order valence-corrected chi connectivity index (χ3v) is 15.9. The molecule has 32 heteroatoms. The van der Waals surface area contributed by atoms with Crippen molar-refractivity contribution in [3.63, 3.8) is 0 Å². The summed E-state index contributed by atoms with van der Waals surface area (Å²) < 4.78 is 5.74. The fraction of sp³-hybridized carbons (Fsp3) is 0.762. The second-order valence-corrected chi connectivity index (χ2v) is 26.2. The summed E-state index contributed by atoms with van der Waals surface area (Å²) in [4.78, 5) is 207. The molecule has 1 heterocycles. The van der Waals surface area contributed by atoms with Gasteiger partial charge in [-0.2, -0.15) is 0 Å². The van der Waals surface area contributed by atoms with Gasteiger partial charge in [0.05, 0.1) is 25.6 Å². The lowest BCUT2D eigenvalue weighted by Crippen LogP contribution is -2.64. The number of aliphatic hydroxyl groups excluding tert-OH is 2. The van der Waals surface area contributed by atoms with Crippen LogP contribution in [-0.4, -0.2) is 194 Å². The van der Waals surface area contributed by atoms with Crippen LogP contribution in [0.2, 0.25) is 0 Å². The molecule has 0 aromatic heterocycles. The Morgan fingerprint density at radius 1 is 0.516 bits per heavy atom. The molecule has 1 saturated heterocycles. The lowest BCUT2D eigenvalue weighted by molar-refractivity contribution is -0.157. The number of carboxylic acids is 2. The maximum Gasteiger partial charge on any atom is 0.329 e. The van der Waals surface area contributed by atoms with Crippen LogP contribution in [0.5, 0.6) is 0 Å². The molecule has 0 spiro atoms. The maximum absolute atomic E-state index is 14.9. The highest BCUT2D eigenvalue weighted by molar-refractivity contribution is 6.00. The number of aliphatic carboxylic acids is 2. The first-order chi connectivity index (χ1) is 44.3. The average molecular weight is 1350 g/mol. The fourth-order valence-corrected chi connectivity index (χ4v) is 10.0. The molecule has 14 atom stereocenters. The zero-order valence-corrected chi connectivity index (χ0v) is 57.5. The van der Waals surface area contributed by atoms with E-state index < -0.39 is 236 Å². The Kier molecular flexibility index (Phi) is 37.9. The van der Waals surface area contributed by atoms with E-state index in [1.165, 1.54) is 55.4 Å². The van der Waals surface area contributed by atoms with Gasteiger partial charge in [0.2, 0.25) is 70.9 Å². The molecular formula is C63H108N12O20. The van der Waals surface area contributed by atoms with Crippen LogP contribution < -0.4 is 64.2 Å². The van der Waals surface area contributed by atoms with E-state index in [1.807, 2.05) is 6.92 Å². The van der Waals surface area contributed by atoms with Crippen molar-refractivity contribution < 1.29 is 97.1 Å². The first kappa shape index (κ1) is 85.0. The lowest BCUT2D eigenvalue weighted by atomic mass is 9.95. The zero-order valence-electron chi connectivity index (χ0n) is 57.5. The number of cyclic esters (lactones) is 1. The van der Waals surface area contributed by atoms with Gasteiger partial charge in [0, 0.05) is 12.8 Å². The van der Waals surface area contributed by atoms with Gasteiger partial charge < -0.3 is 89.4 Å². The molecule has 1 rings (SSSR count). The van der Waals surface area contributed by atoms with Gasteiger partial charge in [0.25, 0.3) is 0 Å². The number of aliphatic hydroxyl groups is 2. The molecule has 0 bridgehead atoms. The fourth-order valence-electron chi connectivity index (χ4n) is 10.0. The normalized spacial score (nSPS) is 24.2. The first-order valence-corrected chi connectivity index (χ1v) is 32.8. The number of amides is 12. The molecule has 1 aliphatic rings. The Labute approximate surface area is 555 Å². The summed E-state index contributed by atoms with van der Waals surface area (Å²) in [6, 6.07) is -18.7. The van der Waals surface area contributed by atoms with Gasteiger partial charge in [-0.05, 0) is 68.1 Å². The van der Waals surface area contributed by atoms with Crippen molar-refractivity contribution in [3.8, 4) is 0 Å². The van der Waals surface area contributed by atoms with E-state index in [-0.39, 0.29) is 25.2 Å². The molecule has 95 heavy (non-hydrogen) atoms. The highest BCUT2D eigenvalue weighted by Gasteiger charge is 2.42. The molecule has 0 unspecified atom stereocenters. The van der Waals surface area contributed by atoms with E-state index in [4.69, 9.17) is 10.5 Å². The van der Waals surface area contributed by atoms with Crippen LogP contribution in [0.15, 0.2) is 0 Å². The quantitative estimate of drug-likeness (QED) is 0.0293. The predicted molar refractivity (Wildman–Crippen MR) is 344 cm³/mol. The van der Waals surface area contributed by atoms with Crippen LogP contribution >= 0.6 is 0 Å². The summed E-state index contributed by atoms with van der Waals surface area (Å²) in [6.07, 6.45) is -2.04. The minimum absolute atomic E-state index is 0.0415. The summed E-state index contributed by atoms with van der Waals surface area (Å²) in [7, 11) is 0. The number of ether oxygens (including phenoxy) is 1. The van der Waals surface area contributed by atoms with Crippen molar-refractivity contribution in [1.29, 1.82) is 0 Å². The molecule has 0 aromatic rings. The summed E-state index contributed by atoms with van der Waals surface area (Å²) in [5.74, 6) is -21.5. The summed E-state index contributed by atoms with van der Waals surface area (Å²) in [6.45, 7) is 20.7. The van der Waals surface area contributed by atoms with Crippen molar-refractivity contribution >= 4 is 88.8 Å². The largest absolute Gasteiger partial charge is 0.481 e. The Hall–Kier alpha value is -8.03. The van der Waals surface area contributed by atoms with Crippen LogP contribution in [0, 0.1) is 35.5 Å². The molecule has 0 radical (unpaired) electrons. The van der Waals surface area contributed by atoms with Crippen LogP contribution in [0.1, 0.15) is 187 Å². The Bertz CT molecular complexity index is 2640. The number of carboxylic acid groups (broad SMARTS) is 2. The number of rotatable bonds is 30. The number of carbonyl (C=O) groups is 15. The summed E-state index contributed by atoms with van der Waals surface area (Å²) in [5, 5.41) is 67.9. The van der Waals surface area contributed by atoms with Gasteiger partial charge in [-0.15, -0.1) is 0 Å². The summed E-state index contributed by atoms with van der Waals surface area (Å²) in [5.41, 5.74) is 5.43. The number of esters is 1. The Morgan fingerprint density at radius 2 is 0.958 bits per heavy atom. The van der Waals surface area contributed by atoms with Crippen molar-refractivity contribution in [1.82, 2.24) is 58.5 Å². The van der Waals surface area contributed by atoms with E-state index in [1.54, 1.807) is 27.7 Å². The van der Waals surface area contributed by atoms with Gasteiger partial charge in [-0.3, -0.25) is 67.1 Å². The molecule has 12 amide bonds. The first-order valence-electron chi connectivity index (χ1n) is 32.8.